The lowest BCUT2D eigenvalue weighted by Gasteiger charge is -2.32. The fourth-order valence-electron chi connectivity index (χ4n) is 4.90. The van der Waals surface area contributed by atoms with Gasteiger partial charge in [0.15, 0.2) is 0 Å². The maximum Gasteiger partial charge on any atom is 0.290 e. The van der Waals surface area contributed by atoms with Crippen LogP contribution in [0.25, 0.3) is 6.08 Å². The molecule has 0 aromatic carbocycles. The van der Waals surface area contributed by atoms with Crippen LogP contribution in [0.15, 0.2) is 35.5 Å². The second-order valence-corrected chi connectivity index (χ2v) is 10.2. The highest BCUT2D eigenvalue weighted by atomic mass is 32.2. The van der Waals surface area contributed by atoms with E-state index in [2.05, 4.69) is 43.8 Å². The van der Waals surface area contributed by atoms with Crippen molar-refractivity contribution in [2.45, 2.75) is 51.0 Å². The van der Waals surface area contributed by atoms with Crippen LogP contribution in [0.4, 0.5) is 10.7 Å². The molecule has 0 saturated carbocycles. The van der Waals surface area contributed by atoms with Crippen LogP contribution in [0.5, 0.6) is 0 Å². The first-order valence-electron chi connectivity index (χ1n) is 12.1. The largest absolute Gasteiger partial charge is 0.341 e. The third-order valence-electron chi connectivity index (χ3n) is 6.84. The third-order valence-corrected chi connectivity index (χ3v) is 7.65. The van der Waals surface area contributed by atoms with Gasteiger partial charge >= 0.3 is 0 Å². The van der Waals surface area contributed by atoms with Gasteiger partial charge in [-0.25, -0.2) is 9.97 Å². The number of piperidine rings is 1. The summed E-state index contributed by atoms with van der Waals surface area (Å²) in [5, 5.41) is 5.45. The number of aromatic nitrogens is 3. The number of pyridine rings is 1. The molecule has 3 aliphatic rings. The summed E-state index contributed by atoms with van der Waals surface area (Å²) in [6, 6.07) is 6.67. The van der Waals surface area contributed by atoms with Gasteiger partial charge in [-0.15, -0.1) is 0 Å². The van der Waals surface area contributed by atoms with Gasteiger partial charge < -0.3 is 10.2 Å². The highest BCUT2D eigenvalue weighted by Gasteiger charge is 2.26. The summed E-state index contributed by atoms with van der Waals surface area (Å²) < 4.78 is 0. The van der Waals surface area contributed by atoms with E-state index in [0.717, 1.165) is 57.1 Å². The van der Waals surface area contributed by atoms with E-state index in [4.69, 9.17) is 4.98 Å². The number of hydrogen-bond acceptors (Lipinski definition) is 8. The van der Waals surface area contributed by atoms with Crippen LogP contribution in [0.2, 0.25) is 0 Å². The van der Waals surface area contributed by atoms with Gasteiger partial charge in [-0.2, -0.15) is 0 Å². The summed E-state index contributed by atoms with van der Waals surface area (Å²) in [7, 11) is 0. The summed E-state index contributed by atoms with van der Waals surface area (Å²) in [6.07, 6.45) is 13.5. The number of nitrogens with one attached hydrogen (secondary N) is 2. The number of anilines is 1. The van der Waals surface area contributed by atoms with Gasteiger partial charge in [0.1, 0.15) is 0 Å². The average molecular weight is 479 g/mol. The lowest BCUT2D eigenvalue weighted by molar-refractivity contribution is -0.115. The van der Waals surface area contributed by atoms with E-state index in [1.165, 1.54) is 30.5 Å². The van der Waals surface area contributed by atoms with Crippen LogP contribution in [0, 0.1) is 5.92 Å². The van der Waals surface area contributed by atoms with Gasteiger partial charge in [0.2, 0.25) is 5.95 Å². The van der Waals surface area contributed by atoms with Crippen LogP contribution in [-0.4, -0.2) is 45.7 Å². The number of thioether (sulfide) groups is 1. The molecule has 8 nitrogen and oxygen atoms in total. The molecule has 2 amide bonds. The van der Waals surface area contributed by atoms with E-state index in [-0.39, 0.29) is 11.1 Å². The maximum atomic E-state index is 11.8. The number of nitrogens with zero attached hydrogens (tertiary/aromatic N) is 4. The van der Waals surface area contributed by atoms with Crippen molar-refractivity contribution in [3.63, 3.8) is 0 Å². The Labute approximate surface area is 204 Å². The molecule has 1 unspecified atom stereocenters. The molecule has 5 rings (SSSR count). The molecule has 0 aliphatic carbocycles. The summed E-state index contributed by atoms with van der Waals surface area (Å²) in [5.41, 5.74) is 3.14. The number of hydrogen-bond donors (Lipinski definition) is 2. The molecule has 1 atom stereocenters. The Bertz CT molecular complexity index is 1060. The zero-order valence-electron chi connectivity index (χ0n) is 19.2. The molecule has 2 aromatic heterocycles. The molecule has 0 bridgehead atoms. The molecular formula is C25H30N6O2S. The highest BCUT2D eigenvalue weighted by molar-refractivity contribution is 8.18. The second-order valence-electron chi connectivity index (χ2n) is 9.19. The highest BCUT2D eigenvalue weighted by Crippen LogP contribution is 2.27. The third kappa shape index (κ3) is 5.64. The second kappa shape index (κ2) is 10.7. The van der Waals surface area contributed by atoms with Gasteiger partial charge in [-0.3, -0.25) is 19.9 Å². The van der Waals surface area contributed by atoms with Crippen molar-refractivity contribution in [1.29, 1.82) is 0 Å². The van der Waals surface area contributed by atoms with E-state index in [0.29, 0.717) is 28.5 Å². The fraction of sp³-hybridized carbons (Fsp3) is 0.480. The minimum atomic E-state index is -0.368. The molecule has 2 aromatic rings. The molecule has 0 spiro atoms. The molecule has 34 heavy (non-hydrogen) atoms. The van der Waals surface area contributed by atoms with Crippen LogP contribution in [-0.2, 0) is 11.2 Å². The lowest BCUT2D eigenvalue weighted by Crippen LogP contribution is -2.35. The topological polar surface area (TPSA) is 100 Å². The summed E-state index contributed by atoms with van der Waals surface area (Å²) >= 11 is 0.903. The van der Waals surface area contributed by atoms with Gasteiger partial charge in [0.05, 0.1) is 10.6 Å². The van der Waals surface area contributed by atoms with E-state index in [1.807, 2.05) is 0 Å². The average Bonchev–Trinajstić information content (AvgIpc) is 3.50. The van der Waals surface area contributed by atoms with Crippen molar-refractivity contribution < 1.29 is 9.59 Å². The molecule has 178 valence electrons. The Hall–Kier alpha value is -2.78. The number of aryl methyl sites for hydroxylation is 1. The van der Waals surface area contributed by atoms with E-state index in [9.17, 15) is 9.59 Å². The van der Waals surface area contributed by atoms with Crippen LogP contribution in [0.1, 0.15) is 61.5 Å². The summed E-state index contributed by atoms with van der Waals surface area (Å²) in [4.78, 5) is 39.4. The Morgan fingerprint density at radius 2 is 2.00 bits per heavy atom. The molecule has 3 fully saturated rings. The Kier molecular flexibility index (Phi) is 7.20. The van der Waals surface area contributed by atoms with Gasteiger partial charge in [0, 0.05) is 37.2 Å². The predicted octanol–water partition coefficient (Wildman–Crippen LogP) is 3.86. The Morgan fingerprint density at radius 3 is 2.71 bits per heavy atom. The lowest BCUT2D eigenvalue weighted by atomic mass is 9.91. The van der Waals surface area contributed by atoms with Crippen LogP contribution >= 0.6 is 11.8 Å². The van der Waals surface area contributed by atoms with E-state index < -0.39 is 0 Å². The Balaban J connectivity index is 1.08. The van der Waals surface area contributed by atoms with E-state index >= 15 is 0 Å². The van der Waals surface area contributed by atoms with Crippen LogP contribution < -0.4 is 15.5 Å². The van der Waals surface area contributed by atoms with Crippen molar-refractivity contribution in [1.82, 2.24) is 25.6 Å². The van der Waals surface area contributed by atoms with Crippen molar-refractivity contribution in [3.8, 4) is 0 Å². The molecule has 3 saturated heterocycles. The SMILES string of the molecule is O=C1NC(=O)/C(=C/c2ccnc(N3CCC(CCCc4ccc(C5CCCN5)cn4)CC3)n2)S1. The first-order chi connectivity index (χ1) is 16.6. The number of rotatable bonds is 7. The van der Waals surface area contributed by atoms with Gasteiger partial charge in [-0.1, -0.05) is 6.07 Å². The zero-order valence-corrected chi connectivity index (χ0v) is 20.0. The maximum absolute atomic E-state index is 11.8. The number of carbonyl (C=O) groups excluding carboxylic acids is 2. The molecule has 5 heterocycles. The monoisotopic (exact) mass is 478 g/mol. The fourth-order valence-corrected chi connectivity index (χ4v) is 5.57. The summed E-state index contributed by atoms with van der Waals surface area (Å²) in [6.45, 7) is 2.97. The first kappa shape index (κ1) is 23.0. The molecular weight excluding hydrogens is 448 g/mol. The van der Waals surface area contributed by atoms with Gasteiger partial charge in [-0.05, 0) is 92.9 Å². The van der Waals surface area contributed by atoms with E-state index in [1.54, 1.807) is 18.3 Å². The quantitative estimate of drug-likeness (QED) is 0.579. The number of amides is 2. The number of carbonyl (C=O) groups is 2. The molecule has 2 N–H and O–H groups in total. The standard InChI is InChI=1S/C25H30N6O2S/c32-23-22(34-25(33)30-23)15-20-8-12-27-24(29-20)31-13-9-17(10-14-31)3-1-4-19-7-6-18(16-28-19)21-5-2-11-26-21/h6-8,12,15-17,21,26H,1-5,9-11,13-14H2,(H,30,32,33)/b22-15-. The predicted molar refractivity (Wildman–Crippen MR) is 133 cm³/mol. The minimum absolute atomic E-state index is 0.346. The smallest absolute Gasteiger partial charge is 0.290 e. The number of imide groups is 1. The molecule has 0 radical (unpaired) electrons. The zero-order chi connectivity index (χ0) is 23.3. The first-order valence-corrected chi connectivity index (χ1v) is 13.0. The normalized spacial score (nSPS) is 22.5. The van der Waals surface area contributed by atoms with Crippen molar-refractivity contribution in [3.05, 3.63) is 52.4 Å². The minimum Gasteiger partial charge on any atom is -0.341 e. The van der Waals surface area contributed by atoms with Crippen molar-refractivity contribution in [2.24, 2.45) is 5.92 Å². The van der Waals surface area contributed by atoms with Crippen molar-refractivity contribution >= 4 is 34.9 Å². The van der Waals surface area contributed by atoms with Crippen LogP contribution in [0.3, 0.4) is 0 Å². The molecule has 3 aliphatic heterocycles. The molecule has 9 heteroatoms. The Morgan fingerprint density at radius 1 is 1.12 bits per heavy atom. The van der Waals surface area contributed by atoms with Crippen molar-refractivity contribution in [2.75, 3.05) is 24.5 Å². The summed E-state index contributed by atoms with van der Waals surface area (Å²) in [5.74, 6) is 1.03. The van der Waals surface area contributed by atoms with Gasteiger partial charge in [0.25, 0.3) is 11.1 Å².